The van der Waals surface area contributed by atoms with Crippen molar-refractivity contribution in [2.45, 2.75) is 6.92 Å². The number of anilines is 1. The molecular weight excluding hydrogens is 224 g/mol. The fourth-order valence-electron chi connectivity index (χ4n) is 1.55. The minimum atomic E-state index is -0.0664. The average Bonchev–Trinajstić information content (AvgIpc) is 2.40. The quantitative estimate of drug-likeness (QED) is 0.657. The van der Waals surface area contributed by atoms with Gasteiger partial charge in [0, 0.05) is 35.9 Å². The van der Waals surface area contributed by atoms with Gasteiger partial charge in [0.25, 0.3) is 0 Å². The van der Waals surface area contributed by atoms with Gasteiger partial charge in [-0.1, -0.05) is 12.1 Å². The van der Waals surface area contributed by atoms with Gasteiger partial charge in [0.1, 0.15) is 0 Å². The zero-order valence-corrected chi connectivity index (χ0v) is 10.1. The summed E-state index contributed by atoms with van der Waals surface area (Å²) in [5, 5.41) is 3.06. The minimum absolute atomic E-state index is 0.0664. The summed E-state index contributed by atoms with van der Waals surface area (Å²) >= 11 is 0. The van der Waals surface area contributed by atoms with Crippen molar-refractivity contribution in [3.05, 3.63) is 72.2 Å². The highest BCUT2D eigenvalue weighted by Crippen LogP contribution is 2.09. The molecule has 18 heavy (non-hydrogen) atoms. The van der Waals surface area contributed by atoms with Crippen LogP contribution in [-0.2, 0) is 0 Å². The van der Waals surface area contributed by atoms with Gasteiger partial charge in [0.05, 0.1) is 0 Å². The maximum absolute atomic E-state index is 11.7. The Labute approximate surface area is 106 Å². The summed E-state index contributed by atoms with van der Waals surface area (Å²) in [5.41, 5.74) is 2.72. The predicted molar refractivity (Wildman–Crippen MR) is 72.5 cm³/mol. The Morgan fingerprint density at radius 1 is 1.28 bits per heavy atom. The second-order valence-corrected chi connectivity index (χ2v) is 3.95. The van der Waals surface area contributed by atoms with E-state index in [9.17, 15) is 4.79 Å². The van der Waals surface area contributed by atoms with Crippen molar-refractivity contribution in [3.8, 4) is 0 Å². The molecule has 0 aliphatic carbocycles. The summed E-state index contributed by atoms with van der Waals surface area (Å²) in [7, 11) is 0. The van der Waals surface area contributed by atoms with Crippen LogP contribution in [0.3, 0.4) is 0 Å². The number of hydrogen-bond acceptors (Lipinski definition) is 3. The number of hydrogen-bond donors (Lipinski definition) is 1. The van der Waals surface area contributed by atoms with Crippen molar-refractivity contribution in [3.63, 3.8) is 0 Å². The lowest BCUT2D eigenvalue weighted by Gasteiger charge is -2.01. The summed E-state index contributed by atoms with van der Waals surface area (Å²) < 4.78 is 0. The second-order valence-electron chi connectivity index (χ2n) is 3.95. The van der Waals surface area contributed by atoms with E-state index in [-0.39, 0.29) is 5.78 Å². The van der Waals surface area contributed by atoms with Gasteiger partial charge >= 0.3 is 0 Å². The van der Waals surface area contributed by atoms with E-state index in [0.29, 0.717) is 5.56 Å². The molecular formula is C15H14N2O. The van der Waals surface area contributed by atoms with E-state index in [0.717, 1.165) is 5.69 Å². The molecule has 0 saturated carbocycles. The number of aromatic nitrogens is 1. The van der Waals surface area contributed by atoms with Gasteiger partial charge in [-0.05, 0) is 36.8 Å². The SMILES string of the molecule is Cc1cccc(N/C=C\C(=O)c2cccnc2)c1. The lowest BCUT2D eigenvalue weighted by molar-refractivity contribution is 0.104. The minimum Gasteiger partial charge on any atom is -0.362 e. The monoisotopic (exact) mass is 238 g/mol. The number of allylic oxidation sites excluding steroid dienone is 1. The molecule has 3 nitrogen and oxygen atoms in total. The second kappa shape index (κ2) is 5.77. The van der Waals surface area contributed by atoms with Crippen LogP contribution >= 0.6 is 0 Å². The molecule has 0 fully saturated rings. The van der Waals surface area contributed by atoms with E-state index in [1.165, 1.54) is 11.6 Å². The first-order valence-electron chi connectivity index (χ1n) is 5.70. The van der Waals surface area contributed by atoms with Crippen molar-refractivity contribution < 1.29 is 4.79 Å². The van der Waals surface area contributed by atoms with Crippen LogP contribution in [0.2, 0.25) is 0 Å². The molecule has 2 rings (SSSR count). The lowest BCUT2D eigenvalue weighted by Crippen LogP contribution is -1.96. The first-order valence-corrected chi connectivity index (χ1v) is 5.70. The van der Waals surface area contributed by atoms with E-state index in [1.807, 2.05) is 31.2 Å². The summed E-state index contributed by atoms with van der Waals surface area (Å²) in [6, 6.07) is 11.4. The van der Waals surface area contributed by atoms with Crippen LogP contribution in [0.25, 0.3) is 0 Å². The Balaban J connectivity index is 1.98. The largest absolute Gasteiger partial charge is 0.362 e. The predicted octanol–water partition coefficient (Wildman–Crippen LogP) is 3.20. The Morgan fingerprint density at radius 2 is 2.17 bits per heavy atom. The van der Waals surface area contributed by atoms with Gasteiger partial charge in [0.15, 0.2) is 5.78 Å². The zero-order chi connectivity index (χ0) is 12.8. The molecule has 0 aliphatic rings. The smallest absolute Gasteiger partial charge is 0.188 e. The van der Waals surface area contributed by atoms with Crippen molar-refractivity contribution in [1.29, 1.82) is 0 Å². The number of rotatable bonds is 4. The molecule has 1 N–H and O–H groups in total. The van der Waals surface area contributed by atoms with Gasteiger partial charge < -0.3 is 5.32 Å². The topological polar surface area (TPSA) is 42.0 Å². The molecule has 0 saturated heterocycles. The standard InChI is InChI=1S/C15H14N2O/c1-12-4-2-6-14(10-12)17-9-7-15(18)13-5-3-8-16-11-13/h2-11,17H,1H3/b9-7-. The molecule has 3 heteroatoms. The number of aryl methyl sites for hydroxylation is 1. The number of ketones is 1. The number of benzene rings is 1. The van der Waals surface area contributed by atoms with Gasteiger partial charge in [-0.3, -0.25) is 9.78 Å². The molecule has 90 valence electrons. The van der Waals surface area contributed by atoms with E-state index in [1.54, 1.807) is 30.7 Å². The number of nitrogens with one attached hydrogen (secondary N) is 1. The number of carbonyl (C=O) groups is 1. The maximum atomic E-state index is 11.7. The van der Waals surface area contributed by atoms with Crippen LogP contribution in [0, 0.1) is 6.92 Å². The highest BCUT2D eigenvalue weighted by Gasteiger charge is 1.99. The Hall–Kier alpha value is -2.42. The normalized spacial score (nSPS) is 10.5. The Bertz CT molecular complexity index is 562. The van der Waals surface area contributed by atoms with E-state index in [4.69, 9.17) is 0 Å². The summed E-state index contributed by atoms with van der Waals surface area (Å²) in [6.45, 7) is 2.02. The molecule has 1 aromatic carbocycles. The van der Waals surface area contributed by atoms with Crippen LogP contribution in [0.4, 0.5) is 5.69 Å². The highest BCUT2D eigenvalue weighted by molar-refractivity contribution is 6.04. The van der Waals surface area contributed by atoms with Crippen molar-refractivity contribution in [1.82, 2.24) is 4.98 Å². The number of nitrogens with zero attached hydrogens (tertiary/aromatic N) is 1. The van der Waals surface area contributed by atoms with E-state index in [2.05, 4.69) is 10.3 Å². The molecule has 0 atom stereocenters. The van der Waals surface area contributed by atoms with Crippen LogP contribution in [0.1, 0.15) is 15.9 Å². The molecule has 1 heterocycles. The van der Waals surface area contributed by atoms with Crippen LogP contribution in [-0.4, -0.2) is 10.8 Å². The lowest BCUT2D eigenvalue weighted by atomic mass is 10.2. The number of pyridine rings is 1. The Morgan fingerprint density at radius 3 is 2.89 bits per heavy atom. The first kappa shape index (κ1) is 12.0. The molecule has 0 bridgehead atoms. The van der Waals surface area contributed by atoms with Crippen molar-refractivity contribution in [2.75, 3.05) is 5.32 Å². The van der Waals surface area contributed by atoms with Crippen LogP contribution in [0.5, 0.6) is 0 Å². The molecule has 0 spiro atoms. The molecule has 0 aliphatic heterocycles. The average molecular weight is 238 g/mol. The zero-order valence-electron chi connectivity index (χ0n) is 10.1. The Kier molecular flexibility index (Phi) is 3.86. The van der Waals surface area contributed by atoms with Crippen molar-refractivity contribution in [2.24, 2.45) is 0 Å². The molecule has 0 amide bonds. The van der Waals surface area contributed by atoms with Gasteiger partial charge in [0.2, 0.25) is 0 Å². The van der Waals surface area contributed by atoms with E-state index >= 15 is 0 Å². The number of carbonyl (C=O) groups excluding carboxylic acids is 1. The first-order chi connectivity index (χ1) is 8.75. The van der Waals surface area contributed by atoms with Crippen molar-refractivity contribution >= 4 is 11.5 Å². The molecule has 2 aromatic rings. The van der Waals surface area contributed by atoms with Crippen LogP contribution in [0.15, 0.2) is 61.1 Å². The molecule has 1 aromatic heterocycles. The third kappa shape index (κ3) is 3.28. The fraction of sp³-hybridized carbons (Fsp3) is 0.0667. The third-order valence-electron chi connectivity index (χ3n) is 2.45. The molecule has 0 unspecified atom stereocenters. The molecule has 0 radical (unpaired) electrons. The van der Waals surface area contributed by atoms with Gasteiger partial charge in [-0.25, -0.2) is 0 Å². The van der Waals surface area contributed by atoms with Gasteiger partial charge in [-0.2, -0.15) is 0 Å². The summed E-state index contributed by atoms with van der Waals surface area (Å²) in [6.07, 6.45) is 6.34. The summed E-state index contributed by atoms with van der Waals surface area (Å²) in [4.78, 5) is 15.6. The maximum Gasteiger partial charge on any atom is 0.188 e. The van der Waals surface area contributed by atoms with Gasteiger partial charge in [-0.15, -0.1) is 0 Å². The third-order valence-corrected chi connectivity index (χ3v) is 2.45. The van der Waals surface area contributed by atoms with Crippen LogP contribution < -0.4 is 5.32 Å². The summed E-state index contributed by atoms with van der Waals surface area (Å²) in [5.74, 6) is -0.0664. The van der Waals surface area contributed by atoms with E-state index < -0.39 is 0 Å². The highest BCUT2D eigenvalue weighted by atomic mass is 16.1. The fourth-order valence-corrected chi connectivity index (χ4v) is 1.55.